The van der Waals surface area contributed by atoms with Gasteiger partial charge in [-0.1, -0.05) is 23.8 Å². The third-order valence-electron chi connectivity index (χ3n) is 5.11. The van der Waals surface area contributed by atoms with Crippen LogP contribution in [-0.2, 0) is 14.3 Å². The zero-order valence-corrected chi connectivity index (χ0v) is 16.9. The number of hydrogen-bond donors (Lipinski definition) is 1. The van der Waals surface area contributed by atoms with Crippen molar-refractivity contribution in [2.24, 2.45) is 0 Å². The summed E-state index contributed by atoms with van der Waals surface area (Å²) in [6.07, 6.45) is 3.16. The van der Waals surface area contributed by atoms with Crippen LogP contribution in [0.3, 0.4) is 0 Å². The molecule has 4 rings (SSSR count). The first kappa shape index (κ1) is 19.7. The van der Waals surface area contributed by atoms with Gasteiger partial charge in [-0.2, -0.15) is 0 Å². The summed E-state index contributed by atoms with van der Waals surface area (Å²) in [5.41, 5.74) is 2.40. The van der Waals surface area contributed by atoms with Gasteiger partial charge in [0, 0.05) is 19.5 Å². The number of hydrogen-bond acceptors (Lipinski definition) is 8. The van der Waals surface area contributed by atoms with Gasteiger partial charge in [0.05, 0.1) is 25.4 Å². The Morgan fingerprint density at radius 3 is 3.07 bits per heavy atom. The molecule has 2 saturated heterocycles. The summed E-state index contributed by atoms with van der Waals surface area (Å²) in [5, 5.41) is 11.5. The Morgan fingerprint density at radius 1 is 1.28 bits per heavy atom. The summed E-state index contributed by atoms with van der Waals surface area (Å²) in [5.74, 6) is 0.705. The van der Waals surface area contributed by atoms with E-state index in [1.54, 1.807) is 15.3 Å². The highest BCUT2D eigenvalue weighted by Crippen LogP contribution is 2.24. The zero-order chi connectivity index (χ0) is 20.1. The third kappa shape index (κ3) is 5.07. The lowest BCUT2D eigenvalue weighted by Gasteiger charge is -2.34. The minimum Gasteiger partial charge on any atom is -0.368 e. The molecule has 2 aliphatic heterocycles. The van der Waals surface area contributed by atoms with Gasteiger partial charge in [0.25, 0.3) is 0 Å². The molecule has 0 spiro atoms. The Bertz CT molecular complexity index is 846. The number of aromatic nitrogens is 3. The molecule has 2 aromatic rings. The highest BCUT2D eigenvalue weighted by Gasteiger charge is 2.28. The van der Waals surface area contributed by atoms with Crippen molar-refractivity contribution in [2.45, 2.75) is 31.8 Å². The maximum absolute atomic E-state index is 12.8. The van der Waals surface area contributed by atoms with Crippen LogP contribution < -0.4 is 5.32 Å². The molecular formula is C19H24N6O3S. The Kier molecular flexibility index (Phi) is 6.30. The summed E-state index contributed by atoms with van der Waals surface area (Å²) in [4.78, 5) is 33.1. The fourth-order valence-electron chi connectivity index (χ4n) is 3.56. The van der Waals surface area contributed by atoms with E-state index >= 15 is 0 Å². The number of amides is 2. The van der Waals surface area contributed by atoms with Gasteiger partial charge in [-0.25, -0.2) is 4.98 Å². The van der Waals surface area contributed by atoms with Crippen LogP contribution in [0, 0.1) is 0 Å². The van der Waals surface area contributed by atoms with Crippen molar-refractivity contribution in [3.05, 3.63) is 29.4 Å². The van der Waals surface area contributed by atoms with Crippen molar-refractivity contribution in [3.8, 4) is 0 Å². The number of carbonyl (C=O) groups excluding carboxylic acids is 2. The standard InChI is InChI=1S/C19H24N6O3S/c26-17-7-2-1-3-8-24(17)12-18(27)25-9-10-28-15(11-25)14-5-4-6-16(21-14)22-19-23-20-13-29-19/h4-6,13,15H,1-3,7-12H2,(H,21,22,23)/t15-/m0/s1. The number of morpholine rings is 1. The monoisotopic (exact) mass is 416 g/mol. The lowest BCUT2D eigenvalue weighted by molar-refractivity contribution is -0.145. The highest BCUT2D eigenvalue weighted by molar-refractivity contribution is 7.13. The highest BCUT2D eigenvalue weighted by atomic mass is 32.1. The van der Waals surface area contributed by atoms with Crippen molar-refractivity contribution >= 4 is 34.1 Å². The number of carbonyl (C=O) groups is 2. The lowest BCUT2D eigenvalue weighted by Crippen LogP contribution is -2.47. The third-order valence-corrected chi connectivity index (χ3v) is 5.72. The van der Waals surface area contributed by atoms with Crippen LogP contribution in [0.5, 0.6) is 0 Å². The summed E-state index contributed by atoms with van der Waals surface area (Å²) >= 11 is 1.39. The summed E-state index contributed by atoms with van der Waals surface area (Å²) in [6, 6.07) is 5.63. The molecule has 1 N–H and O–H groups in total. The molecule has 29 heavy (non-hydrogen) atoms. The van der Waals surface area contributed by atoms with E-state index in [1.807, 2.05) is 18.2 Å². The lowest BCUT2D eigenvalue weighted by atomic mass is 10.2. The van der Waals surface area contributed by atoms with Crippen molar-refractivity contribution in [1.82, 2.24) is 25.0 Å². The molecule has 0 aromatic carbocycles. The van der Waals surface area contributed by atoms with Crippen LogP contribution in [0.2, 0.25) is 0 Å². The molecule has 2 amide bonds. The molecule has 2 aliphatic rings. The molecule has 0 radical (unpaired) electrons. The Morgan fingerprint density at radius 2 is 2.21 bits per heavy atom. The first-order valence-electron chi connectivity index (χ1n) is 9.86. The first-order chi connectivity index (χ1) is 14.2. The topological polar surface area (TPSA) is 101 Å². The van der Waals surface area contributed by atoms with E-state index in [0.29, 0.717) is 43.6 Å². The van der Waals surface area contributed by atoms with Crippen LogP contribution in [0.15, 0.2) is 23.7 Å². The zero-order valence-electron chi connectivity index (χ0n) is 16.1. The first-order valence-corrected chi connectivity index (χ1v) is 10.7. The van der Waals surface area contributed by atoms with Crippen molar-refractivity contribution in [1.29, 1.82) is 0 Å². The maximum Gasteiger partial charge on any atom is 0.242 e. The maximum atomic E-state index is 12.8. The van der Waals surface area contributed by atoms with E-state index in [0.717, 1.165) is 25.0 Å². The Balaban J connectivity index is 1.39. The fraction of sp³-hybridized carbons (Fsp3) is 0.526. The molecule has 0 saturated carbocycles. The second-order valence-electron chi connectivity index (χ2n) is 7.14. The predicted molar refractivity (Wildman–Crippen MR) is 108 cm³/mol. The van der Waals surface area contributed by atoms with E-state index in [-0.39, 0.29) is 24.5 Å². The van der Waals surface area contributed by atoms with Crippen LogP contribution in [0.1, 0.15) is 37.5 Å². The van der Waals surface area contributed by atoms with E-state index in [2.05, 4.69) is 20.5 Å². The summed E-state index contributed by atoms with van der Waals surface area (Å²) < 4.78 is 5.88. The quantitative estimate of drug-likeness (QED) is 0.795. The van der Waals surface area contributed by atoms with Crippen LogP contribution in [-0.4, -0.2) is 69.6 Å². The number of nitrogens with one attached hydrogen (secondary N) is 1. The summed E-state index contributed by atoms with van der Waals surface area (Å²) in [7, 11) is 0. The van der Waals surface area contributed by atoms with E-state index in [4.69, 9.17) is 4.74 Å². The molecule has 4 heterocycles. The van der Waals surface area contributed by atoms with E-state index in [1.165, 1.54) is 11.3 Å². The van der Waals surface area contributed by atoms with Gasteiger partial charge in [0.15, 0.2) is 0 Å². The van der Waals surface area contributed by atoms with Gasteiger partial charge in [-0.3, -0.25) is 9.59 Å². The van der Waals surface area contributed by atoms with E-state index in [9.17, 15) is 9.59 Å². The van der Waals surface area contributed by atoms with Gasteiger partial charge in [-0.15, -0.1) is 10.2 Å². The largest absolute Gasteiger partial charge is 0.368 e. The molecule has 0 aliphatic carbocycles. The number of nitrogens with zero attached hydrogens (tertiary/aromatic N) is 5. The number of pyridine rings is 1. The second-order valence-corrected chi connectivity index (χ2v) is 7.97. The molecule has 2 fully saturated rings. The number of ether oxygens (including phenoxy) is 1. The number of anilines is 2. The second kappa shape index (κ2) is 9.27. The smallest absolute Gasteiger partial charge is 0.242 e. The van der Waals surface area contributed by atoms with E-state index < -0.39 is 0 Å². The average molecular weight is 417 g/mol. The van der Waals surface area contributed by atoms with Gasteiger partial charge in [-0.05, 0) is 25.0 Å². The number of rotatable bonds is 5. The predicted octanol–water partition coefficient (Wildman–Crippen LogP) is 1.98. The normalized spacial score (nSPS) is 20.4. The molecule has 0 bridgehead atoms. The molecule has 0 unspecified atom stereocenters. The minimum absolute atomic E-state index is 0.0308. The SMILES string of the molecule is O=C1CCCCCN1CC(=O)N1CCO[C@H](c2cccc(Nc3nncs3)n2)C1. The molecule has 154 valence electrons. The van der Waals surface area contributed by atoms with Crippen molar-refractivity contribution in [2.75, 3.05) is 38.1 Å². The summed E-state index contributed by atoms with van der Waals surface area (Å²) in [6.45, 7) is 2.22. The van der Waals surface area contributed by atoms with Gasteiger partial charge in [0.1, 0.15) is 17.4 Å². The molecule has 9 nitrogen and oxygen atoms in total. The average Bonchev–Trinajstić information content (AvgIpc) is 3.17. The Labute approximate surface area is 173 Å². The van der Waals surface area contributed by atoms with Crippen LogP contribution in [0.4, 0.5) is 10.9 Å². The molecule has 1 atom stereocenters. The molecular weight excluding hydrogens is 392 g/mol. The van der Waals surface area contributed by atoms with Crippen molar-refractivity contribution in [3.63, 3.8) is 0 Å². The van der Waals surface area contributed by atoms with Gasteiger partial charge >= 0.3 is 0 Å². The van der Waals surface area contributed by atoms with Crippen LogP contribution >= 0.6 is 11.3 Å². The van der Waals surface area contributed by atoms with Gasteiger partial charge in [0.2, 0.25) is 16.9 Å². The number of likely N-dealkylation sites (tertiary alicyclic amines) is 1. The van der Waals surface area contributed by atoms with Crippen molar-refractivity contribution < 1.29 is 14.3 Å². The molecule has 10 heteroatoms. The molecule has 2 aromatic heterocycles. The fourth-order valence-corrected chi connectivity index (χ4v) is 4.01. The van der Waals surface area contributed by atoms with Gasteiger partial charge < -0.3 is 19.9 Å². The minimum atomic E-state index is -0.302. The Hall–Kier alpha value is -2.59. The van der Waals surface area contributed by atoms with Crippen LogP contribution in [0.25, 0.3) is 0 Å².